The van der Waals surface area contributed by atoms with E-state index in [9.17, 15) is 4.79 Å². The summed E-state index contributed by atoms with van der Waals surface area (Å²) in [4.78, 5) is 16.8. The van der Waals surface area contributed by atoms with Crippen LogP contribution in [0.1, 0.15) is 48.7 Å². The van der Waals surface area contributed by atoms with Gasteiger partial charge in [0.25, 0.3) is 0 Å². The number of hydrogen-bond donors (Lipinski definition) is 2. The van der Waals surface area contributed by atoms with Crippen LogP contribution in [-0.2, 0) is 22.5 Å². The molecule has 0 saturated carbocycles. The fourth-order valence-electron chi connectivity index (χ4n) is 4.08. The number of carbonyl (C=O) groups excluding carboxylic acids is 1. The van der Waals surface area contributed by atoms with Crippen molar-refractivity contribution in [1.29, 1.82) is 0 Å². The number of amides is 1. The van der Waals surface area contributed by atoms with E-state index in [1.807, 2.05) is 38.1 Å². The summed E-state index contributed by atoms with van der Waals surface area (Å²) in [6.07, 6.45) is 4.52. The number of anilines is 2. The Bertz CT molecular complexity index is 1250. The maximum atomic E-state index is 11.7. The van der Waals surface area contributed by atoms with Crippen molar-refractivity contribution in [3.05, 3.63) is 70.4 Å². The Labute approximate surface area is 201 Å². The van der Waals surface area contributed by atoms with Gasteiger partial charge in [-0.1, -0.05) is 24.3 Å². The van der Waals surface area contributed by atoms with E-state index < -0.39 is 6.09 Å². The molecule has 1 atom stereocenters. The minimum Gasteiger partial charge on any atom is -0.445 e. The molecule has 178 valence electrons. The second kappa shape index (κ2) is 9.47. The zero-order valence-electron chi connectivity index (χ0n) is 20.8. The molecule has 1 heterocycles. The maximum absolute atomic E-state index is 11.7. The third kappa shape index (κ3) is 5.07. The summed E-state index contributed by atoms with van der Waals surface area (Å²) in [5, 5.41) is 7.45. The molecule has 34 heavy (non-hydrogen) atoms. The highest BCUT2D eigenvalue weighted by molar-refractivity contribution is 5.99. The lowest BCUT2D eigenvalue weighted by molar-refractivity contribution is 0.0480. The topological polar surface area (TPSA) is 72.5 Å². The normalized spacial score (nSPS) is 17.0. The Kier molecular flexibility index (Phi) is 6.62. The number of nitrogens with zero attached hydrogens (tertiary/aromatic N) is 1. The van der Waals surface area contributed by atoms with Gasteiger partial charge < -0.3 is 20.1 Å². The number of carbonyl (C=O) groups is 1. The summed E-state index contributed by atoms with van der Waals surface area (Å²) >= 11 is 0. The van der Waals surface area contributed by atoms with E-state index in [-0.39, 0.29) is 18.2 Å². The first-order chi connectivity index (χ1) is 16.2. The van der Waals surface area contributed by atoms with Crippen LogP contribution in [0.2, 0.25) is 0 Å². The van der Waals surface area contributed by atoms with Gasteiger partial charge in [-0.25, -0.2) is 4.79 Å². The molecule has 4 rings (SSSR count). The number of pyridine rings is 1. The first kappa shape index (κ1) is 23.8. The lowest BCUT2D eigenvalue weighted by Crippen LogP contribution is -2.30. The van der Waals surface area contributed by atoms with E-state index in [0.717, 1.165) is 39.1 Å². The molecule has 2 N–H and O–H groups in total. The molecular weight excluding hydrogens is 426 g/mol. The molecular formula is C28H33N3O3. The van der Waals surface area contributed by atoms with Gasteiger partial charge in [0.15, 0.2) is 0 Å². The minimum absolute atomic E-state index is 0.0448. The highest BCUT2D eigenvalue weighted by Crippen LogP contribution is 2.38. The molecule has 0 bridgehead atoms. The number of alkyl carbamates (subject to hydrolysis) is 1. The van der Waals surface area contributed by atoms with Gasteiger partial charge in [-0.2, -0.15) is 0 Å². The summed E-state index contributed by atoms with van der Waals surface area (Å²) < 4.78 is 11.0. The molecule has 0 saturated heterocycles. The summed E-state index contributed by atoms with van der Waals surface area (Å²) in [6.45, 7) is 10.3. The zero-order valence-corrected chi connectivity index (χ0v) is 20.8. The van der Waals surface area contributed by atoms with E-state index in [1.165, 1.54) is 11.1 Å². The molecule has 0 fully saturated rings. The monoisotopic (exact) mass is 459 g/mol. The molecule has 6 nitrogen and oxygen atoms in total. The van der Waals surface area contributed by atoms with Crippen LogP contribution in [0.15, 0.2) is 42.5 Å². The van der Waals surface area contributed by atoms with E-state index >= 15 is 0 Å². The van der Waals surface area contributed by atoms with Gasteiger partial charge in [-0.05, 0) is 75.6 Å². The summed E-state index contributed by atoms with van der Waals surface area (Å²) in [5.74, 6) is 0. The van der Waals surface area contributed by atoms with Gasteiger partial charge in [0.1, 0.15) is 6.61 Å². The van der Waals surface area contributed by atoms with Crippen molar-refractivity contribution in [2.24, 2.45) is 0 Å². The van der Waals surface area contributed by atoms with Crippen molar-refractivity contribution < 1.29 is 14.3 Å². The van der Waals surface area contributed by atoms with E-state index in [2.05, 4.69) is 55.7 Å². The molecule has 2 aromatic carbocycles. The van der Waals surface area contributed by atoms with Gasteiger partial charge in [0.05, 0.1) is 22.5 Å². The minimum atomic E-state index is -0.410. The van der Waals surface area contributed by atoms with Crippen LogP contribution in [0.25, 0.3) is 17.0 Å². The third-order valence-electron chi connectivity index (χ3n) is 6.30. The number of aromatic nitrogens is 1. The number of ether oxygens (including phenoxy) is 2. The highest BCUT2D eigenvalue weighted by Gasteiger charge is 2.28. The number of aryl methyl sites for hydroxylation is 2. The van der Waals surface area contributed by atoms with Gasteiger partial charge in [0, 0.05) is 36.2 Å². The number of rotatable bonds is 6. The fourth-order valence-corrected chi connectivity index (χ4v) is 4.08. The van der Waals surface area contributed by atoms with Crippen LogP contribution in [0, 0.1) is 13.8 Å². The molecule has 0 aliphatic heterocycles. The van der Waals surface area contributed by atoms with Gasteiger partial charge >= 0.3 is 6.09 Å². The predicted molar refractivity (Wildman–Crippen MR) is 138 cm³/mol. The van der Waals surface area contributed by atoms with E-state index in [1.54, 1.807) is 7.11 Å². The van der Waals surface area contributed by atoms with Crippen molar-refractivity contribution in [1.82, 2.24) is 10.3 Å². The van der Waals surface area contributed by atoms with Crippen LogP contribution in [0.5, 0.6) is 0 Å². The molecule has 0 radical (unpaired) electrons. The number of nitrogens with one attached hydrogen (secondary N) is 2. The van der Waals surface area contributed by atoms with Crippen LogP contribution in [0.4, 0.5) is 16.2 Å². The molecule has 1 unspecified atom stereocenters. The highest BCUT2D eigenvalue weighted by atomic mass is 16.5. The molecule has 1 amide bonds. The lowest BCUT2D eigenvalue weighted by Gasteiger charge is -2.30. The van der Waals surface area contributed by atoms with Crippen LogP contribution in [-0.4, -0.2) is 29.8 Å². The Morgan fingerprint density at radius 3 is 2.53 bits per heavy atom. The molecule has 1 aliphatic carbocycles. The quantitative estimate of drug-likeness (QED) is 0.459. The predicted octanol–water partition coefficient (Wildman–Crippen LogP) is 6.20. The van der Waals surface area contributed by atoms with Gasteiger partial charge in [-0.15, -0.1) is 0 Å². The van der Waals surface area contributed by atoms with Crippen molar-refractivity contribution in [3.8, 4) is 0 Å². The fraction of sp³-hybridized carbons (Fsp3) is 0.357. The van der Waals surface area contributed by atoms with Crippen molar-refractivity contribution in [2.45, 2.75) is 59.3 Å². The average molecular weight is 460 g/mol. The first-order valence-corrected chi connectivity index (χ1v) is 11.6. The standard InChI is InChI=1S/C28H33N3O3/c1-17(2)29-27(32)34-16-20-7-9-21(10-8-20)30-26-22-11-12-28(5,33-6)15-25(22)31-24-14-19(4)18(3)13-23(24)26/h7-14,17H,15-16H2,1-6H3,(H,29,32)(H,30,31). The molecule has 6 heteroatoms. The zero-order chi connectivity index (χ0) is 24.5. The Morgan fingerprint density at radius 1 is 1.15 bits per heavy atom. The Balaban J connectivity index is 1.65. The SMILES string of the molecule is COC1(C)C=Cc2c(nc3cc(C)c(C)cc3c2Nc2ccc(COC(=O)NC(C)C)cc2)C1. The van der Waals surface area contributed by atoms with Gasteiger partial charge in [0.2, 0.25) is 0 Å². The Hall–Kier alpha value is -3.38. The smallest absolute Gasteiger partial charge is 0.407 e. The van der Waals surface area contributed by atoms with Crippen molar-refractivity contribution >= 4 is 34.4 Å². The van der Waals surface area contributed by atoms with Crippen molar-refractivity contribution in [2.75, 3.05) is 12.4 Å². The van der Waals surface area contributed by atoms with Crippen LogP contribution >= 0.6 is 0 Å². The summed E-state index contributed by atoms with van der Waals surface area (Å²) in [5.41, 5.74) is 8.08. The lowest BCUT2D eigenvalue weighted by atomic mass is 9.88. The van der Waals surface area contributed by atoms with Crippen molar-refractivity contribution in [3.63, 3.8) is 0 Å². The van der Waals surface area contributed by atoms with E-state index in [0.29, 0.717) is 6.42 Å². The molecule has 1 aromatic heterocycles. The average Bonchev–Trinajstić information content (AvgIpc) is 2.79. The molecule has 1 aliphatic rings. The number of hydrogen-bond acceptors (Lipinski definition) is 5. The second-order valence-electron chi connectivity index (χ2n) is 9.52. The van der Waals surface area contributed by atoms with E-state index in [4.69, 9.17) is 14.5 Å². The first-order valence-electron chi connectivity index (χ1n) is 11.6. The summed E-state index contributed by atoms with van der Waals surface area (Å²) in [7, 11) is 1.74. The second-order valence-corrected chi connectivity index (χ2v) is 9.52. The van der Waals surface area contributed by atoms with Gasteiger partial charge in [-0.3, -0.25) is 4.98 Å². The molecule has 3 aromatic rings. The number of fused-ring (bicyclic) bond motifs is 2. The molecule has 0 spiro atoms. The maximum Gasteiger partial charge on any atom is 0.407 e. The summed E-state index contributed by atoms with van der Waals surface area (Å²) in [6, 6.07) is 12.3. The van der Waals surface area contributed by atoms with Crippen LogP contribution < -0.4 is 10.6 Å². The number of benzene rings is 2. The van der Waals surface area contributed by atoms with Crippen LogP contribution in [0.3, 0.4) is 0 Å². The largest absolute Gasteiger partial charge is 0.445 e. The number of methoxy groups -OCH3 is 1. The Morgan fingerprint density at radius 2 is 1.85 bits per heavy atom. The third-order valence-corrected chi connectivity index (χ3v) is 6.30.